The van der Waals surface area contributed by atoms with E-state index in [9.17, 15) is 24.0 Å². The summed E-state index contributed by atoms with van der Waals surface area (Å²) < 4.78 is 5.00. The normalized spacial score (nSPS) is 18.5. The molecule has 0 radical (unpaired) electrons. The van der Waals surface area contributed by atoms with Crippen molar-refractivity contribution in [3.63, 3.8) is 0 Å². The second-order valence-electron chi connectivity index (χ2n) is 39.8. The molecule has 13 aromatic heterocycles. The minimum absolute atomic E-state index is 0.133. The van der Waals surface area contributed by atoms with Gasteiger partial charge in [0.2, 0.25) is 17.7 Å². The van der Waals surface area contributed by atoms with Crippen molar-refractivity contribution in [1.82, 2.24) is 106 Å². The fraction of sp³-hybridized carbons (Fsp3) is 0.541. The number of aromatic nitrogens is 18. The number of aromatic amines is 5. The van der Waals surface area contributed by atoms with Crippen LogP contribution in [-0.2, 0) is 60.8 Å². The molecule has 3 atom stereocenters. The highest BCUT2D eigenvalue weighted by Crippen LogP contribution is 2.39. The lowest BCUT2D eigenvalue weighted by molar-refractivity contribution is -0.135. The first kappa shape index (κ1) is 99.8. The fourth-order valence-electron chi connectivity index (χ4n) is 22.1. The van der Waals surface area contributed by atoms with Crippen LogP contribution in [0.3, 0.4) is 0 Å². The predicted molar refractivity (Wildman–Crippen MR) is 554 cm³/mol. The quantitative estimate of drug-likeness (QED) is 0.0171. The summed E-state index contributed by atoms with van der Waals surface area (Å²) in [7, 11) is 1.66. The van der Waals surface area contributed by atoms with E-state index in [1.54, 1.807) is 31.9 Å². The third-order valence-corrected chi connectivity index (χ3v) is 30.0. The van der Waals surface area contributed by atoms with E-state index < -0.39 is 0 Å². The van der Waals surface area contributed by atoms with Gasteiger partial charge in [-0.25, -0.2) is 24.9 Å². The van der Waals surface area contributed by atoms with Crippen molar-refractivity contribution in [3.8, 4) is 0 Å². The molecule has 13 aromatic rings. The second kappa shape index (κ2) is 51.1. The topological polar surface area (TPSA) is 411 Å². The van der Waals surface area contributed by atoms with Crippen LogP contribution >= 0.6 is 0 Å². The standard InChI is InChI=1S/C25H32N6O.2C24H30N6O.C19H28N4O2.C17H24N4O/c32-23(31-16-5-4-10-22(31)18-7-6-14-26-17-18)12-11-20-24-21(30-29-20)13-15-27-25(24)28-19-8-2-1-3-9-19;31-22(30-14-11-18(16-30)17-5-4-12-25-15-17)9-8-20-23-21(29-28-20)10-13-26-24(23)27-19-6-2-1-3-7-19;31-22(30-15-11-18(16-30)17-8-12-25-13-9-17)7-6-20-23-21(29-28-20)10-14-26-24(23)27-19-4-2-1-3-5-19;1-25-13-5-8-15(24)9-10-16-18-17(23-22-16)11-12-20-19(18)21-14-6-3-2-4-7-14;1-2-13(22)8-9-14-16-15(21-20-14)10-11-18-17(16)19-12-6-4-3-5-7-12/h6-7,13-15,17,19,22H,1-5,8-12,16H2,(H,27,28)(H,29,30);4-5,10,12-13,15,18-19H,1-3,6-9,11,14,16H2,(H,26,27)(H,28,29);8-10,12-14,18-19H,1-7,11,15-16H2,(H,26,27)(H,28,29);11-12,14H,2-10,13H2,1H3,(H,20,21)(H,22,23);10-12H,2-9H2,1H3,(H,18,19)(H,20,21). The number of nitrogens with one attached hydrogen (secondary N) is 10. The zero-order valence-electron chi connectivity index (χ0n) is 82.6. The van der Waals surface area contributed by atoms with Crippen LogP contribution in [0.5, 0.6) is 0 Å². The van der Waals surface area contributed by atoms with E-state index in [0.29, 0.717) is 126 Å². The average Bonchev–Trinajstić information content (AvgIpc) is 1.68. The summed E-state index contributed by atoms with van der Waals surface area (Å²) in [5, 5.41) is 61.2. The number of ether oxygens (including phenoxy) is 1. The molecule has 16 heterocycles. The summed E-state index contributed by atoms with van der Waals surface area (Å²) in [6.07, 6.45) is 64.5. The number of likely N-dealkylation sites (tertiary alicyclic amines) is 3. The highest BCUT2D eigenvalue weighted by atomic mass is 16.5. The summed E-state index contributed by atoms with van der Waals surface area (Å²) in [4.78, 5) is 104. The molecule has 5 saturated carbocycles. The van der Waals surface area contributed by atoms with Gasteiger partial charge < -0.3 is 46.0 Å². The number of amides is 3. The molecule has 3 aliphatic heterocycles. The van der Waals surface area contributed by atoms with Crippen molar-refractivity contribution in [2.24, 2.45) is 0 Å². The Hall–Kier alpha value is -12.7. The van der Waals surface area contributed by atoms with Crippen molar-refractivity contribution < 1.29 is 28.7 Å². The van der Waals surface area contributed by atoms with Gasteiger partial charge in [0.1, 0.15) is 40.7 Å². The highest BCUT2D eigenvalue weighted by Gasteiger charge is 2.33. The van der Waals surface area contributed by atoms with Crippen LogP contribution < -0.4 is 26.6 Å². The van der Waals surface area contributed by atoms with Gasteiger partial charge in [-0.05, 0) is 206 Å². The number of Topliss-reactive ketones (excluding diaryl/α,β-unsaturated/α-hetero) is 2. The predicted octanol–water partition coefficient (Wildman–Crippen LogP) is 20.1. The molecule has 0 bridgehead atoms. The van der Waals surface area contributed by atoms with Crippen molar-refractivity contribution in [2.75, 3.05) is 73.0 Å². The number of H-pyrrole nitrogens is 5. The molecule has 0 aromatic carbocycles. The Morgan fingerprint density at radius 3 is 1.01 bits per heavy atom. The molecule has 32 nitrogen and oxygen atoms in total. The molecule has 3 amide bonds. The number of carbonyl (C=O) groups is 5. The van der Waals surface area contributed by atoms with Gasteiger partial charge in [-0.2, -0.15) is 25.5 Å². The molecule has 5 aliphatic carbocycles. The van der Waals surface area contributed by atoms with Crippen molar-refractivity contribution in [3.05, 3.63) is 180 Å². The first-order valence-electron chi connectivity index (χ1n) is 52.9. The molecule has 0 spiro atoms. The van der Waals surface area contributed by atoms with Gasteiger partial charge in [0, 0.05) is 230 Å². The van der Waals surface area contributed by atoms with E-state index in [1.165, 1.54) is 172 Å². The van der Waals surface area contributed by atoms with Crippen LogP contribution in [0.15, 0.2) is 135 Å². The number of hydrogen-bond donors (Lipinski definition) is 10. The zero-order valence-corrected chi connectivity index (χ0v) is 82.6. The maximum absolute atomic E-state index is 13.3. The Labute approximate surface area is 826 Å². The first-order chi connectivity index (χ1) is 69.4. The van der Waals surface area contributed by atoms with Crippen LogP contribution in [0.1, 0.15) is 314 Å². The Kier molecular flexibility index (Phi) is 36.2. The van der Waals surface area contributed by atoms with E-state index in [2.05, 4.69) is 147 Å². The van der Waals surface area contributed by atoms with E-state index in [0.717, 1.165) is 189 Å². The number of rotatable bonds is 33. The van der Waals surface area contributed by atoms with Crippen molar-refractivity contribution in [1.29, 1.82) is 0 Å². The number of nitrogens with zero attached hydrogens (tertiary/aromatic N) is 16. The summed E-state index contributed by atoms with van der Waals surface area (Å²) in [5.41, 5.74) is 13.2. The third kappa shape index (κ3) is 27.1. The summed E-state index contributed by atoms with van der Waals surface area (Å²) in [5.74, 6) is 6.50. The minimum atomic E-state index is 0.133. The van der Waals surface area contributed by atoms with Crippen LogP contribution in [0.25, 0.3) is 54.5 Å². The van der Waals surface area contributed by atoms with Gasteiger partial charge in [-0.1, -0.05) is 115 Å². The summed E-state index contributed by atoms with van der Waals surface area (Å²) in [6, 6.07) is 24.4. The molecular weight excluding hydrogens is 1770 g/mol. The molecule has 8 fully saturated rings. The number of piperidine rings is 1. The van der Waals surface area contributed by atoms with Crippen LogP contribution in [0, 0.1) is 0 Å². The molecule has 21 rings (SSSR count). The monoisotopic (exact) mass is 1910 g/mol. The third-order valence-electron chi connectivity index (χ3n) is 30.0. The first-order valence-corrected chi connectivity index (χ1v) is 52.9. The van der Waals surface area contributed by atoms with Crippen LogP contribution in [0.4, 0.5) is 29.1 Å². The lowest BCUT2D eigenvalue weighted by atomic mass is 9.95. The molecule has 746 valence electrons. The van der Waals surface area contributed by atoms with Crippen LogP contribution in [-0.4, -0.2) is 211 Å². The van der Waals surface area contributed by atoms with Crippen LogP contribution in [0.2, 0.25) is 0 Å². The maximum Gasteiger partial charge on any atom is 0.223 e. The molecule has 141 heavy (non-hydrogen) atoms. The van der Waals surface area contributed by atoms with Crippen molar-refractivity contribution in [2.45, 2.75) is 331 Å². The number of aryl methyl sites for hydroxylation is 5. The molecule has 3 unspecified atom stereocenters. The lowest BCUT2D eigenvalue weighted by Gasteiger charge is -2.36. The average molecular weight is 1910 g/mol. The van der Waals surface area contributed by atoms with Gasteiger partial charge in [0.25, 0.3) is 0 Å². The van der Waals surface area contributed by atoms with E-state index in [-0.39, 0.29) is 35.3 Å². The second-order valence-corrected chi connectivity index (χ2v) is 39.8. The van der Waals surface area contributed by atoms with Gasteiger partial charge in [0.15, 0.2) is 0 Å². The molecule has 10 N–H and O–H groups in total. The molecule has 8 aliphatic rings. The maximum atomic E-state index is 13.3. The fourth-order valence-corrected chi connectivity index (χ4v) is 22.1. The SMILES string of the molecule is CCC(=O)CCc1[nH]nc2ccnc(NC3CCCCC3)c12.COCCCC(=O)CCc1[nH]nc2ccnc(NC3CCCCC3)c12.O=C(CCc1[nH]nc2ccnc(NC3CCCCC3)c12)N1CCC(c2cccnc2)C1.O=C(CCc1[nH]nc2ccnc(NC3CCCCC3)c12)N1CCC(c2ccncc2)C1.O=C(CCc1[nH]nc2ccnc(NC3CCCCC3)c12)N1CCCCC1c1cccnc1. The summed E-state index contributed by atoms with van der Waals surface area (Å²) >= 11 is 0. The number of ketones is 2. The number of methoxy groups -OCH3 is 1. The Balaban J connectivity index is 0.000000122. The number of pyridine rings is 8. The molecule has 3 saturated heterocycles. The van der Waals surface area contributed by atoms with Gasteiger partial charge in [0.05, 0.1) is 60.6 Å². The molecule has 32 heteroatoms. The number of carbonyl (C=O) groups excluding carboxylic acids is 5. The van der Waals surface area contributed by atoms with E-state index >= 15 is 0 Å². The number of hydrogen-bond acceptors (Lipinski definition) is 24. The Morgan fingerprint density at radius 1 is 0.333 bits per heavy atom. The van der Waals surface area contributed by atoms with Crippen molar-refractivity contribution >= 4 is 113 Å². The lowest BCUT2D eigenvalue weighted by Crippen LogP contribution is -2.38. The van der Waals surface area contributed by atoms with E-state index in [4.69, 9.17) is 4.74 Å². The minimum Gasteiger partial charge on any atom is -0.385 e. The largest absolute Gasteiger partial charge is 0.385 e. The Morgan fingerprint density at radius 2 is 0.667 bits per heavy atom. The van der Waals surface area contributed by atoms with Gasteiger partial charge in [-0.3, -0.25) is 64.4 Å². The molecular formula is C109H144N26O6. The van der Waals surface area contributed by atoms with Gasteiger partial charge >= 0.3 is 0 Å². The van der Waals surface area contributed by atoms with Gasteiger partial charge in [-0.15, -0.1) is 0 Å². The zero-order chi connectivity index (χ0) is 96.7. The Bertz CT molecular complexity index is 5960. The number of fused-ring (bicyclic) bond motifs is 5. The van der Waals surface area contributed by atoms with E-state index in [1.807, 2.05) is 103 Å². The highest BCUT2D eigenvalue weighted by molar-refractivity contribution is 5.96. The summed E-state index contributed by atoms with van der Waals surface area (Å²) in [6.45, 7) is 6.58. The smallest absolute Gasteiger partial charge is 0.223 e. The number of anilines is 5.